The average Bonchev–Trinajstić information content (AvgIpc) is 2.59. The highest BCUT2D eigenvalue weighted by molar-refractivity contribution is 7.89. The Morgan fingerprint density at radius 1 is 1.13 bits per heavy atom. The lowest BCUT2D eigenvalue weighted by Crippen LogP contribution is -2.25. The first-order valence-electron chi connectivity index (χ1n) is 7.18. The molecule has 0 aliphatic carbocycles. The number of hydrogen-bond donors (Lipinski definition) is 1. The first-order valence-corrected chi connectivity index (χ1v) is 8.67. The van der Waals surface area contributed by atoms with E-state index in [-0.39, 0.29) is 10.6 Å². The minimum atomic E-state index is -3.67. The zero-order chi connectivity index (χ0) is 16.7. The molecule has 2 aromatic rings. The quantitative estimate of drug-likeness (QED) is 0.746. The van der Waals surface area contributed by atoms with Gasteiger partial charge in [-0.2, -0.15) is 0 Å². The lowest BCUT2D eigenvalue weighted by Gasteiger charge is -2.12. The fraction of sp³-hybridized carbons (Fsp3) is 0.312. The van der Waals surface area contributed by atoms with Crippen LogP contribution in [0.5, 0.6) is 11.5 Å². The second-order valence-electron chi connectivity index (χ2n) is 4.84. The van der Waals surface area contributed by atoms with Crippen molar-refractivity contribution >= 4 is 10.0 Å². The number of sulfonamides is 1. The van der Waals surface area contributed by atoms with Crippen molar-refractivity contribution in [3.63, 3.8) is 0 Å². The minimum Gasteiger partial charge on any atom is -0.497 e. The van der Waals surface area contributed by atoms with E-state index in [9.17, 15) is 8.42 Å². The van der Waals surface area contributed by atoms with E-state index in [2.05, 4.69) is 9.71 Å². The third-order valence-corrected chi connectivity index (χ3v) is 4.77. The molecule has 2 rings (SSSR count). The third-order valence-electron chi connectivity index (χ3n) is 3.29. The van der Waals surface area contributed by atoms with Gasteiger partial charge in [-0.3, -0.25) is 4.98 Å². The van der Waals surface area contributed by atoms with Crippen molar-refractivity contribution in [1.82, 2.24) is 9.71 Å². The van der Waals surface area contributed by atoms with Gasteiger partial charge in [-0.15, -0.1) is 0 Å². The van der Waals surface area contributed by atoms with E-state index < -0.39 is 10.0 Å². The van der Waals surface area contributed by atoms with Crippen LogP contribution in [0.1, 0.15) is 12.1 Å². The number of methoxy groups -OCH3 is 2. The Balaban J connectivity index is 2.01. The standard InChI is InChI=1S/C16H20N2O4S/c1-21-14-8-9-15(22-2)16(12-14)23(19,20)18-11-5-7-13-6-3-4-10-17-13/h3-4,6,8-10,12,18H,5,7,11H2,1-2H3. The fourth-order valence-corrected chi connectivity index (χ4v) is 3.35. The van der Waals surface area contributed by atoms with E-state index in [0.29, 0.717) is 25.1 Å². The zero-order valence-electron chi connectivity index (χ0n) is 13.2. The Hall–Kier alpha value is -2.12. The summed E-state index contributed by atoms with van der Waals surface area (Å²) in [6, 6.07) is 10.3. The van der Waals surface area contributed by atoms with Crippen LogP contribution in [0.3, 0.4) is 0 Å². The normalized spacial score (nSPS) is 11.2. The molecule has 1 aromatic carbocycles. The van der Waals surface area contributed by atoms with Crippen molar-refractivity contribution in [3.8, 4) is 11.5 Å². The minimum absolute atomic E-state index is 0.0668. The Labute approximate surface area is 136 Å². The molecule has 0 saturated carbocycles. The number of hydrogen-bond acceptors (Lipinski definition) is 5. The highest BCUT2D eigenvalue weighted by atomic mass is 32.2. The Kier molecular flexibility index (Phi) is 5.95. The number of aromatic nitrogens is 1. The van der Waals surface area contributed by atoms with Crippen LogP contribution in [-0.4, -0.2) is 34.2 Å². The third kappa shape index (κ3) is 4.67. The van der Waals surface area contributed by atoms with Gasteiger partial charge in [0.15, 0.2) is 0 Å². The van der Waals surface area contributed by atoms with Crippen molar-refractivity contribution in [2.45, 2.75) is 17.7 Å². The number of nitrogens with zero attached hydrogens (tertiary/aromatic N) is 1. The molecule has 23 heavy (non-hydrogen) atoms. The molecule has 0 fully saturated rings. The summed E-state index contributed by atoms with van der Waals surface area (Å²) in [5.74, 6) is 0.739. The molecule has 0 radical (unpaired) electrons. The van der Waals surface area contributed by atoms with E-state index in [0.717, 1.165) is 5.69 Å². The highest BCUT2D eigenvalue weighted by Crippen LogP contribution is 2.27. The topological polar surface area (TPSA) is 77.5 Å². The summed E-state index contributed by atoms with van der Waals surface area (Å²) in [7, 11) is -0.748. The first kappa shape index (κ1) is 17.2. The smallest absolute Gasteiger partial charge is 0.244 e. The first-order chi connectivity index (χ1) is 11.1. The summed E-state index contributed by atoms with van der Waals surface area (Å²) in [5.41, 5.74) is 0.936. The van der Waals surface area contributed by atoms with Gasteiger partial charge in [-0.05, 0) is 37.1 Å². The number of nitrogens with one attached hydrogen (secondary N) is 1. The second kappa shape index (κ2) is 7.94. The summed E-state index contributed by atoms with van der Waals surface area (Å²) < 4.78 is 37.6. The number of ether oxygens (including phenoxy) is 2. The Bertz CT molecular complexity index is 733. The van der Waals surface area contributed by atoms with Gasteiger partial charge in [0.05, 0.1) is 14.2 Å². The van der Waals surface area contributed by atoms with Crippen LogP contribution in [0.25, 0.3) is 0 Å². The molecule has 1 aromatic heterocycles. The van der Waals surface area contributed by atoms with Crippen LogP contribution < -0.4 is 14.2 Å². The van der Waals surface area contributed by atoms with Crippen LogP contribution in [0, 0.1) is 0 Å². The molecular weight excluding hydrogens is 316 g/mol. The van der Waals surface area contributed by atoms with E-state index in [4.69, 9.17) is 9.47 Å². The van der Waals surface area contributed by atoms with Crippen LogP contribution >= 0.6 is 0 Å². The van der Waals surface area contributed by atoms with Gasteiger partial charge in [0.1, 0.15) is 16.4 Å². The van der Waals surface area contributed by atoms with E-state index >= 15 is 0 Å². The van der Waals surface area contributed by atoms with Gasteiger partial charge < -0.3 is 9.47 Å². The molecule has 0 saturated heterocycles. The zero-order valence-corrected chi connectivity index (χ0v) is 14.0. The molecule has 0 aliphatic heterocycles. The molecule has 1 N–H and O–H groups in total. The lowest BCUT2D eigenvalue weighted by molar-refractivity contribution is 0.392. The lowest BCUT2D eigenvalue weighted by atomic mass is 10.2. The van der Waals surface area contributed by atoms with E-state index in [1.807, 2.05) is 18.2 Å². The fourth-order valence-electron chi connectivity index (χ4n) is 2.09. The molecule has 7 heteroatoms. The maximum atomic E-state index is 12.4. The molecule has 1 heterocycles. The number of benzene rings is 1. The molecule has 0 atom stereocenters. The van der Waals surface area contributed by atoms with Crippen molar-refractivity contribution in [2.75, 3.05) is 20.8 Å². The molecule has 0 bridgehead atoms. The summed E-state index contributed by atoms with van der Waals surface area (Å²) in [6.45, 7) is 0.319. The van der Waals surface area contributed by atoms with Gasteiger partial charge in [-0.1, -0.05) is 6.07 Å². The SMILES string of the molecule is COc1ccc(OC)c(S(=O)(=O)NCCCc2ccccn2)c1. The van der Waals surface area contributed by atoms with Gasteiger partial charge in [0.2, 0.25) is 10.0 Å². The van der Waals surface area contributed by atoms with Gasteiger partial charge in [0, 0.05) is 24.5 Å². The van der Waals surface area contributed by atoms with Crippen LogP contribution in [0.2, 0.25) is 0 Å². The van der Waals surface area contributed by atoms with Crippen molar-refractivity contribution in [1.29, 1.82) is 0 Å². The maximum Gasteiger partial charge on any atom is 0.244 e. The predicted octanol–water partition coefficient (Wildman–Crippen LogP) is 2.01. The number of rotatable bonds is 8. The summed E-state index contributed by atoms with van der Waals surface area (Å²) in [6.07, 6.45) is 3.09. The predicted molar refractivity (Wildman–Crippen MR) is 87.3 cm³/mol. The molecule has 6 nitrogen and oxygen atoms in total. The highest BCUT2D eigenvalue weighted by Gasteiger charge is 2.20. The van der Waals surface area contributed by atoms with Crippen molar-refractivity contribution in [3.05, 3.63) is 48.3 Å². The molecule has 0 unspecified atom stereocenters. The second-order valence-corrected chi connectivity index (χ2v) is 6.57. The molecule has 0 amide bonds. The summed E-state index contributed by atoms with van der Waals surface area (Å²) >= 11 is 0. The van der Waals surface area contributed by atoms with Gasteiger partial charge in [-0.25, -0.2) is 13.1 Å². The number of aryl methyl sites for hydroxylation is 1. The van der Waals surface area contributed by atoms with E-state index in [1.54, 1.807) is 18.3 Å². The summed E-state index contributed by atoms with van der Waals surface area (Å²) in [4.78, 5) is 4.27. The summed E-state index contributed by atoms with van der Waals surface area (Å²) in [5, 5.41) is 0. The molecular formula is C16H20N2O4S. The largest absolute Gasteiger partial charge is 0.497 e. The monoisotopic (exact) mass is 336 g/mol. The molecule has 0 spiro atoms. The van der Waals surface area contributed by atoms with Crippen LogP contribution in [0.15, 0.2) is 47.5 Å². The van der Waals surface area contributed by atoms with Crippen LogP contribution in [0.4, 0.5) is 0 Å². The Morgan fingerprint density at radius 3 is 2.61 bits per heavy atom. The average molecular weight is 336 g/mol. The van der Waals surface area contributed by atoms with Gasteiger partial charge in [0.25, 0.3) is 0 Å². The van der Waals surface area contributed by atoms with Gasteiger partial charge >= 0.3 is 0 Å². The van der Waals surface area contributed by atoms with Crippen molar-refractivity contribution < 1.29 is 17.9 Å². The molecule has 0 aliphatic rings. The van der Waals surface area contributed by atoms with E-state index in [1.165, 1.54) is 20.3 Å². The van der Waals surface area contributed by atoms with Crippen molar-refractivity contribution in [2.24, 2.45) is 0 Å². The van der Waals surface area contributed by atoms with Crippen LogP contribution in [-0.2, 0) is 16.4 Å². The maximum absolute atomic E-state index is 12.4. The number of pyridine rings is 1. The Morgan fingerprint density at radius 2 is 1.96 bits per heavy atom. The molecule has 124 valence electrons.